The van der Waals surface area contributed by atoms with Gasteiger partial charge in [-0.05, 0) is 66.5 Å². The summed E-state index contributed by atoms with van der Waals surface area (Å²) < 4.78 is 11.6. The maximum absolute atomic E-state index is 11.6. The highest BCUT2D eigenvalue weighted by Gasteiger charge is 2.14. The zero-order chi connectivity index (χ0) is 17.2. The summed E-state index contributed by atoms with van der Waals surface area (Å²) in [5.74, 6) is 0.312. The minimum absolute atomic E-state index is 0.213. The Balaban J connectivity index is 2.32. The molecule has 0 aromatic heterocycles. The molecule has 0 saturated heterocycles. The van der Waals surface area contributed by atoms with Crippen molar-refractivity contribution in [3.63, 3.8) is 0 Å². The Kier molecular flexibility index (Phi) is 5.61. The molecule has 23 heavy (non-hydrogen) atoms. The summed E-state index contributed by atoms with van der Waals surface area (Å²) in [6.45, 7) is 5.48. The van der Waals surface area contributed by atoms with Crippen LogP contribution in [-0.2, 0) is 17.1 Å². The second-order valence-corrected chi connectivity index (χ2v) is 9.37. The van der Waals surface area contributed by atoms with E-state index in [1.165, 1.54) is 24.0 Å². The highest BCUT2D eigenvalue weighted by atomic mass is 32.2. The predicted molar refractivity (Wildman–Crippen MR) is 98.1 cm³/mol. The number of phenolic OH excluding ortho intramolecular Hbond substituents is 1. The maximum atomic E-state index is 11.6. The first-order valence-corrected chi connectivity index (χ1v) is 11.0. The summed E-state index contributed by atoms with van der Waals surface area (Å²) in [4.78, 5) is 10.4. The predicted octanol–water partition coefficient (Wildman–Crippen LogP) is 4.72. The van der Waals surface area contributed by atoms with Crippen LogP contribution >= 0.6 is 19.1 Å². The zero-order valence-corrected chi connectivity index (χ0v) is 15.7. The Hall–Kier alpha value is -1.22. The molecule has 1 atom stereocenters. The van der Waals surface area contributed by atoms with Crippen LogP contribution < -0.4 is 0 Å². The van der Waals surface area contributed by atoms with Gasteiger partial charge in [0.15, 0.2) is 0 Å². The molecule has 0 fully saturated rings. The van der Waals surface area contributed by atoms with Gasteiger partial charge in [-0.15, -0.1) is 11.8 Å². The number of thioether (sulfide) groups is 1. The average molecular weight is 350 g/mol. The number of hydrogen-bond acceptors (Lipinski definition) is 3. The third-order valence-corrected chi connectivity index (χ3v) is 5.58. The second-order valence-electron chi connectivity index (χ2n) is 6.10. The Morgan fingerprint density at radius 2 is 1.70 bits per heavy atom. The van der Waals surface area contributed by atoms with E-state index in [1.54, 1.807) is 6.07 Å². The van der Waals surface area contributed by atoms with Gasteiger partial charge in [-0.3, -0.25) is 4.57 Å². The molecule has 3 nitrogen and oxygen atoms in total. The lowest BCUT2D eigenvalue weighted by Crippen LogP contribution is -1.99. The summed E-state index contributed by atoms with van der Waals surface area (Å²) >= 11 is 1.53. The van der Waals surface area contributed by atoms with Crippen LogP contribution in [0.1, 0.15) is 27.8 Å². The van der Waals surface area contributed by atoms with E-state index in [1.807, 2.05) is 44.4 Å². The smallest absolute Gasteiger partial charge is 0.201 e. The van der Waals surface area contributed by atoms with Gasteiger partial charge < -0.3 is 10.00 Å². The molecule has 1 unspecified atom stereocenters. The molecule has 0 amide bonds. The Morgan fingerprint density at radius 1 is 1.09 bits per heavy atom. The fraction of sp³-hybridized carbons (Fsp3) is 0.333. The Bertz CT molecular complexity index is 742. The van der Waals surface area contributed by atoms with Crippen molar-refractivity contribution < 1.29 is 14.6 Å². The lowest BCUT2D eigenvalue weighted by atomic mass is 9.94. The molecule has 0 spiro atoms. The average Bonchev–Trinajstić information content (AvgIpc) is 2.42. The fourth-order valence-electron chi connectivity index (χ4n) is 2.83. The van der Waals surface area contributed by atoms with Gasteiger partial charge in [0.25, 0.3) is 0 Å². The van der Waals surface area contributed by atoms with Crippen LogP contribution in [-0.4, -0.2) is 22.9 Å². The summed E-state index contributed by atoms with van der Waals surface area (Å²) in [6.07, 6.45) is 2.95. The van der Waals surface area contributed by atoms with Crippen molar-refractivity contribution in [2.75, 3.05) is 12.9 Å². The topological polar surface area (TPSA) is 57.5 Å². The van der Waals surface area contributed by atoms with Crippen molar-refractivity contribution in [2.24, 2.45) is 0 Å². The van der Waals surface area contributed by atoms with Gasteiger partial charge >= 0.3 is 0 Å². The lowest BCUT2D eigenvalue weighted by Gasteiger charge is -2.14. The van der Waals surface area contributed by atoms with Gasteiger partial charge in [0.05, 0.1) is 0 Å². The van der Waals surface area contributed by atoms with Crippen molar-refractivity contribution >= 4 is 19.1 Å². The van der Waals surface area contributed by atoms with Crippen LogP contribution in [0.25, 0.3) is 0 Å². The van der Waals surface area contributed by atoms with Crippen LogP contribution in [0.4, 0.5) is 0 Å². The number of phenols is 1. The number of rotatable bonds is 5. The van der Waals surface area contributed by atoms with Crippen LogP contribution in [0.2, 0.25) is 0 Å². The lowest BCUT2D eigenvalue weighted by molar-refractivity contribution is 0.462. The van der Waals surface area contributed by atoms with Crippen LogP contribution in [0.5, 0.6) is 5.75 Å². The number of aromatic hydroxyl groups is 1. The quantitative estimate of drug-likeness (QED) is 0.605. The van der Waals surface area contributed by atoms with Crippen LogP contribution in [0, 0.1) is 13.8 Å². The van der Waals surface area contributed by atoms with Crippen LogP contribution in [0.15, 0.2) is 35.2 Å². The third-order valence-electron chi connectivity index (χ3n) is 3.86. The van der Waals surface area contributed by atoms with Crippen molar-refractivity contribution in [2.45, 2.75) is 31.3 Å². The summed E-state index contributed by atoms with van der Waals surface area (Å²) in [6, 6.07) is 9.70. The number of hydrogen-bond donors (Lipinski definition) is 2. The SMILES string of the molecule is CSc1cc(Cc2c(C)cc(CP(C)(=O)O)cc2C)ccc1O. The molecule has 5 heteroatoms. The van der Waals surface area contributed by atoms with Gasteiger partial charge in [0, 0.05) is 17.7 Å². The first-order valence-electron chi connectivity index (χ1n) is 7.44. The van der Waals surface area contributed by atoms with E-state index in [9.17, 15) is 14.6 Å². The molecule has 0 aliphatic heterocycles. The van der Waals surface area contributed by atoms with Gasteiger partial charge in [0.1, 0.15) is 5.75 Å². The molecule has 0 aliphatic rings. The minimum Gasteiger partial charge on any atom is -0.507 e. The number of benzene rings is 2. The molecule has 2 aromatic rings. The molecule has 0 saturated carbocycles. The zero-order valence-electron chi connectivity index (χ0n) is 14.0. The molecular weight excluding hydrogens is 327 g/mol. The number of aryl methyl sites for hydroxylation is 2. The van der Waals surface area contributed by atoms with E-state index in [-0.39, 0.29) is 6.16 Å². The highest BCUT2D eigenvalue weighted by Crippen LogP contribution is 2.40. The summed E-state index contributed by atoms with van der Waals surface area (Å²) in [7, 11) is -3.06. The molecular formula is C18H23O3PS. The van der Waals surface area contributed by atoms with Crippen LogP contribution in [0.3, 0.4) is 0 Å². The summed E-state index contributed by atoms with van der Waals surface area (Å²) in [5, 5.41) is 9.78. The second kappa shape index (κ2) is 7.12. The highest BCUT2D eigenvalue weighted by molar-refractivity contribution is 7.98. The standard InChI is InChI=1S/C18H23O3PS/c1-12-7-15(11-22(3,20)21)8-13(2)16(12)9-14-5-6-17(19)18(10-14)23-4/h5-8,10,19H,9,11H2,1-4H3,(H,20,21). The van der Waals surface area contributed by atoms with E-state index >= 15 is 0 Å². The van der Waals surface area contributed by atoms with Gasteiger partial charge in [0.2, 0.25) is 7.37 Å². The van der Waals surface area contributed by atoms with Gasteiger partial charge in [-0.1, -0.05) is 18.2 Å². The third kappa shape index (κ3) is 4.87. The normalized spacial score (nSPS) is 13.8. The molecule has 2 aromatic carbocycles. The van der Waals surface area contributed by atoms with Crippen molar-refractivity contribution in [3.8, 4) is 5.75 Å². The minimum atomic E-state index is -3.06. The fourth-order valence-corrected chi connectivity index (χ4v) is 4.23. The van der Waals surface area contributed by atoms with E-state index in [0.29, 0.717) is 5.75 Å². The summed E-state index contributed by atoms with van der Waals surface area (Å²) in [5.41, 5.74) is 5.55. The molecule has 0 heterocycles. The molecule has 124 valence electrons. The van der Waals surface area contributed by atoms with Gasteiger partial charge in [-0.2, -0.15) is 0 Å². The molecule has 0 radical (unpaired) electrons. The van der Waals surface area contributed by atoms with Crippen molar-refractivity contribution in [3.05, 3.63) is 58.1 Å². The molecule has 2 N–H and O–H groups in total. The Labute approximate surface area is 142 Å². The maximum Gasteiger partial charge on any atom is 0.201 e. The first kappa shape index (κ1) is 18.1. The van der Waals surface area contributed by atoms with Gasteiger partial charge in [-0.25, -0.2) is 0 Å². The van der Waals surface area contributed by atoms with E-state index in [4.69, 9.17) is 0 Å². The molecule has 2 rings (SSSR count). The molecule has 0 aliphatic carbocycles. The first-order chi connectivity index (χ1) is 10.7. The van der Waals surface area contributed by atoms with Crippen molar-refractivity contribution in [1.29, 1.82) is 0 Å². The van der Waals surface area contributed by atoms with E-state index in [2.05, 4.69) is 0 Å². The molecule has 0 bridgehead atoms. The Morgan fingerprint density at radius 3 is 2.22 bits per heavy atom. The monoisotopic (exact) mass is 350 g/mol. The van der Waals surface area contributed by atoms with E-state index in [0.717, 1.165) is 33.6 Å². The van der Waals surface area contributed by atoms with Crippen molar-refractivity contribution in [1.82, 2.24) is 0 Å². The largest absolute Gasteiger partial charge is 0.507 e. The van der Waals surface area contributed by atoms with E-state index < -0.39 is 7.37 Å².